The highest BCUT2D eigenvalue weighted by Gasteiger charge is 2.32. The predicted molar refractivity (Wildman–Crippen MR) is 105 cm³/mol. The zero-order chi connectivity index (χ0) is 19.2. The first-order valence-electron chi connectivity index (χ1n) is 8.96. The second-order valence-corrected chi connectivity index (χ2v) is 9.96. The maximum absolute atomic E-state index is 13.3. The van der Waals surface area contributed by atoms with Crippen LogP contribution in [-0.2, 0) is 16.2 Å². The zero-order valence-electron chi connectivity index (χ0n) is 17.2. The van der Waals surface area contributed by atoms with Gasteiger partial charge in [-0.25, -0.2) is 4.98 Å². The van der Waals surface area contributed by atoms with E-state index < -0.39 is 0 Å². The Morgan fingerprint density at radius 1 is 0.840 bits per heavy atom. The van der Waals surface area contributed by atoms with Gasteiger partial charge in [-0.05, 0) is 32.9 Å². The molecule has 0 spiro atoms. The Morgan fingerprint density at radius 2 is 1.32 bits per heavy atom. The van der Waals surface area contributed by atoms with Crippen molar-refractivity contribution in [1.29, 1.82) is 0 Å². The van der Waals surface area contributed by atoms with E-state index in [1.54, 1.807) is 12.4 Å². The third-order valence-electron chi connectivity index (χ3n) is 4.56. The van der Waals surface area contributed by atoms with E-state index in [9.17, 15) is 4.79 Å². The van der Waals surface area contributed by atoms with Crippen molar-refractivity contribution in [2.45, 2.75) is 78.6 Å². The molecule has 2 rings (SSSR count). The van der Waals surface area contributed by atoms with E-state index >= 15 is 0 Å². The normalized spacial score (nSPS) is 13.2. The van der Waals surface area contributed by atoms with Gasteiger partial charge in [0.1, 0.15) is 0 Å². The van der Waals surface area contributed by atoms with Gasteiger partial charge in [0.05, 0.1) is 0 Å². The monoisotopic (exact) mass is 340 g/mol. The van der Waals surface area contributed by atoms with E-state index in [-0.39, 0.29) is 22.0 Å². The Hall–Kier alpha value is -1.90. The first-order chi connectivity index (χ1) is 11.2. The SMILES string of the molecule is CC(C)(C)c1cc(C(C)(C)C)c(C(=O)c2ncc[nH]2)c(C(C)(C)C)c1. The van der Waals surface area contributed by atoms with Crippen molar-refractivity contribution >= 4 is 5.78 Å². The van der Waals surface area contributed by atoms with Crippen LogP contribution in [-0.4, -0.2) is 15.8 Å². The number of nitrogens with zero attached hydrogens (tertiary/aromatic N) is 1. The molecule has 3 heteroatoms. The van der Waals surface area contributed by atoms with Crippen LogP contribution in [0.3, 0.4) is 0 Å². The van der Waals surface area contributed by atoms with Crippen LogP contribution >= 0.6 is 0 Å². The molecule has 0 atom stereocenters. The molecule has 136 valence electrons. The van der Waals surface area contributed by atoms with Crippen LogP contribution in [0.2, 0.25) is 0 Å². The number of carbonyl (C=O) groups excluding carboxylic acids is 1. The molecule has 3 nitrogen and oxygen atoms in total. The molecule has 0 saturated heterocycles. The van der Waals surface area contributed by atoms with Crippen molar-refractivity contribution < 1.29 is 4.79 Å². The highest BCUT2D eigenvalue weighted by molar-refractivity contribution is 6.09. The summed E-state index contributed by atoms with van der Waals surface area (Å²) in [5, 5.41) is 0. The summed E-state index contributed by atoms with van der Waals surface area (Å²) >= 11 is 0. The number of hydrogen-bond donors (Lipinski definition) is 1. The van der Waals surface area contributed by atoms with Crippen LogP contribution in [0.1, 0.15) is 95.2 Å². The van der Waals surface area contributed by atoms with Gasteiger partial charge in [-0.1, -0.05) is 74.4 Å². The smallest absolute Gasteiger partial charge is 0.228 e. The van der Waals surface area contributed by atoms with Gasteiger partial charge in [0.25, 0.3) is 0 Å². The van der Waals surface area contributed by atoms with Crippen LogP contribution in [0.15, 0.2) is 24.5 Å². The number of carbonyl (C=O) groups is 1. The number of nitrogens with one attached hydrogen (secondary N) is 1. The van der Waals surface area contributed by atoms with Crippen LogP contribution in [0.25, 0.3) is 0 Å². The molecule has 25 heavy (non-hydrogen) atoms. The number of benzene rings is 1. The molecular weight excluding hydrogens is 308 g/mol. The van der Waals surface area contributed by atoms with Gasteiger partial charge >= 0.3 is 0 Å². The molecule has 0 bridgehead atoms. The quantitative estimate of drug-likeness (QED) is 0.730. The number of ketones is 1. The predicted octanol–water partition coefficient (Wildman–Crippen LogP) is 5.53. The summed E-state index contributed by atoms with van der Waals surface area (Å²) in [7, 11) is 0. The Balaban J connectivity index is 2.90. The molecule has 0 unspecified atom stereocenters. The first kappa shape index (κ1) is 19.4. The van der Waals surface area contributed by atoms with Crippen LogP contribution < -0.4 is 0 Å². The van der Waals surface area contributed by atoms with E-state index in [0.29, 0.717) is 5.82 Å². The topological polar surface area (TPSA) is 45.8 Å². The number of aromatic amines is 1. The lowest BCUT2D eigenvalue weighted by atomic mass is 9.71. The summed E-state index contributed by atoms with van der Waals surface area (Å²) in [4.78, 5) is 20.5. The fraction of sp³-hybridized carbons (Fsp3) is 0.545. The van der Waals surface area contributed by atoms with Crippen molar-refractivity contribution in [1.82, 2.24) is 9.97 Å². The molecule has 1 aromatic carbocycles. The largest absolute Gasteiger partial charge is 0.342 e. The van der Waals surface area contributed by atoms with Gasteiger partial charge < -0.3 is 4.98 Å². The summed E-state index contributed by atoms with van der Waals surface area (Å²) < 4.78 is 0. The van der Waals surface area contributed by atoms with Crippen LogP contribution in [0.5, 0.6) is 0 Å². The second kappa shape index (κ2) is 6.12. The Morgan fingerprint density at radius 3 is 1.64 bits per heavy atom. The summed E-state index contributed by atoms with van der Waals surface area (Å²) in [5.74, 6) is 0.375. The van der Waals surface area contributed by atoms with Gasteiger partial charge in [-0.2, -0.15) is 0 Å². The van der Waals surface area contributed by atoms with Gasteiger partial charge in [0.2, 0.25) is 5.78 Å². The summed E-state index contributed by atoms with van der Waals surface area (Å²) in [5.41, 5.74) is 3.98. The van der Waals surface area contributed by atoms with Crippen molar-refractivity contribution in [3.8, 4) is 0 Å². The Labute approximate surface area is 152 Å². The maximum Gasteiger partial charge on any atom is 0.228 e. The molecule has 0 aliphatic heterocycles. The van der Waals surface area contributed by atoms with E-state index in [0.717, 1.165) is 16.7 Å². The Kier molecular flexibility index (Phi) is 4.75. The van der Waals surface area contributed by atoms with Crippen molar-refractivity contribution in [2.75, 3.05) is 0 Å². The number of hydrogen-bond acceptors (Lipinski definition) is 2. The molecule has 0 fully saturated rings. The average Bonchev–Trinajstić information content (AvgIpc) is 2.96. The van der Waals surface area contributed by atoms with Crippen molar-refractivity contribution in [3.05, 3.63) is 52.6 Å². The lowest BCUT2D eigenvalue weighted by molar-refractivity contribution is 0.102. The molecule has 0 saturated carbocycles. The highest BCUT2D eigenvalue weighted by atomic mass is 16.1. The minimum Gasteiger partial charge on any atom is -0.342 e. The molecule has 2 aromatic rings. The van der Waals surface area contributed by atoms with E-state index in [2.05, 4.69) is 84.4 Å². The van der Waals surface area contributed by atoms with Crippen LogP contribution in [0, 0.1) is 0 Å². The molecule has 1 aromatic heterocycles. The van der Waals surface area contributed by atoms with Crippen molar-refractivity contribution in [2.24, 2.45) is 0 Å². The fourth-order valence-electron chi connectivity index (χ4n) is 3.01. The molecule has 0 amide bonds. The van der Waals surface area contributed by atoms with Crippen LogP contribution in [0.4, 0.5) is 0 Å². The summed E-state index contributed by atoms with van der Waals surface area (Å²) in [6, 6.07) is 4.43. The maximum atomic E-state index is 13.3. The summed E-state index contributed by atoms with van der Waals surface area (Å²) in [6.07, 6.45) is 3.33. The first-order valence-corrected chi connectivity index (χ1v) is 8.96. The third-order valence-corrected chi connectivity index (χ3v) is 4.56. The second-order valence-electron chi connectivity index (χ2n) is 9.96. The lowest BCUT2D eigenvalue weighted by Crippen LogP contribution is -2.27. The van der Waals surface area contributed by atoms with E-state index in [1.165, 1.54) is 5.56 Å². The third kappa shape index (κ3) is 4.02. The number of rotatable bonds is 2. The highest BCUT2D eigenvalue weighted by Crippen LogP contribution is 2.39. The van der Waals surface area contributed by atoms with Gasteiger partial charge in [0, 0.05) is 18.0 Å². The van der Waals surface area contributed by atoms with E-state index in [1.807, 2.05) is 0 Å². The standard InChI is InChI=1S/C22H32N2O/c1-20(2,3)14-12-15(21(4,5)6)17(16(13-14)22(7,8)9)18(25)19-23-10-11-24-19/h10-13H,1-9H3,(H,23,24). The minimum absolute atomic E-state index is 0.0201. The van der Waals surface area contributed by atoms with Crippen molar-refractivity contribution in [3.63, 3.8) is 0 Å². The number of imidazole rings is 1. The van der Waals surface area contributed by atoms with E-state index in [4.69, 9.17) is 0 Å². The average molecular weight is 341 g/mol. The fourth-order valence-corrected chi connectivity index (χ4v) is 3.01. The zero-order valence-corrected chi connectivity index (χ0v) is 17.2. The van der Waals surface area contributed by atoms with Gasteiger partial charge in [-0.3, -0.25) is 4.79 Å². The molecule has 0 aliphatic carbocycles. The Bertz CT molecular complexity index is 729. The summed E-state index contributed by atoms with van der Waals surface area (Å²) in [6.45, 7) is 19.7. The van der Waals surface area contributed by atoms with Gasteiger partial charge in [-0.15, -0.1) is 0 Å². The molecule has 1 heterocycles. The number of aromatic nitrogens is 2. The molecule has 1 N–H and O–H groups in total. The lowest BCUT2D eigenvalue weighted by Gasteiger charge is -2.32. The molecule has 0 aliphatic rings. The number of H-pyrrole nitrogens is 1. The van der Waals surface area contributed by atoms with Gasteiger partial charge in [0.15, 0.2) is 5.82 Å². The molecular formula is C22H32N2O. The minimum atomic E-state index is -0.140. The molecule has 0 radical (unpaired) electrons.